The standard InChI is InChI=1S/C15H17N3O4S/c1-3-4-7-10-23(21,22)16-14(19)11-18-13-9-6-5-8-12(13)17(2)15(18)20/h1,5-6,8-9H,4,7,10-11H2,2H3,(H,16,19). The van der Waals surface area contributed by atoms with Gasteiger partial charge < -0.3 is 0 Å². The third-order valence-electron chi connectivity index (χ3n) is 3.36. The Hall–Kier alpha value is -2.53. The topological polar surface area (TPSA) is 90.2 Å². The van der Waals surface area contributed by atoms with Crippen LogP contribution in [0.2, 0.25) is 0 Å². The molecule has 122 valence electrons. The highest BCUT2D eigenvalue weighted by Crippen LogP contribution is 2.11. The van der Waals surface area contributed by atoms with Crippen LogP contribution in [-0.4, -0.2) is 29.2 Å². The van der Waals surface area contributed by atoms with E-state index in [0.717, 1.165) is 0 Å². The van der Waals surface area contributed by atoms with Gasteiger partial charge in [-0.05, 0) is 18.6 Å². The molecule has 1 amide bonds. The molecule has 23 heavy (non-hydrogen) atoms. The molecule has 1 heterocycles. The van der Waals surface area contributed by atoms with E-state index in [1.807, 2.05) is 4.72 Å². The molecule has 0 saturated carbocycles. The second-order valence-corrected chi connectivity index (χ2v) is 6.91. The third-order valence-corrected chi connectivity index (χ3v) is 4.72. The van der Waals surface area contributed by atoms with Crippen LogP contribution >= 0.6 is 0 Å². The first-order chi connectivity index (χ1) is 10.9. The van der Waals surface area contributed by atoms with E-state index < -0.39 is 15.9 Å². The number of sulfonamides is 1. The first kappa shape index (κ1) is 16.8. The zero-order chi connectivity index (χ0) is 17.0. The predicted molar refractivity (Wildman–Crippen MR) is 87.2 cm³/mol. The van der Waals surface area contributed by atoms with Gasteiger partial charge in [0.2, 0.25) is 10.0 Å². The number of aryl methyl sites for hydroxylation is 1. The van der Waals surface area contributed by atoms with Crippen molar-refractivity contribution in [3.63, 3.8) is 0 Å². The summed E-state index contributed by atoms with van der Waals surface area (Å²) >= 11 is 0. The van der Waals surface area contributed by atoms with Gasteiger partial charge in [-0.3, -0.25) is 18.7 Å². The highest BCUT2D eigenvalue weighted by atomic mass is 32.2. The number of nitrogens with one attached hydrogen (secondary N) is 1. The molecule has 2 rings (SSSR count). The van der Waals surface area contributed by atoms with Gasteiger partial charge in [-0.15, -0.1) is 12.3 Å². The number of hydrogen-bond acceptors (Lipinski definition) is 4. The number of terminal acetylenes is 1. The lowest BCUT2D eigenvalue weighted by Gasteiger charge is -2.07. The summed E-state index contributed by atoms with van der Waals surface area (Å²) < 4.78 is 28.1. The van der Waals surface area contributed by atoms with E-state index in [-0.39, 0.29) is 24.4 Å². The van der Waals surface area contributed by atoms with Gasteiger partial charge in [0.25, 0.3) is 5.91 Å². The van der Waals surface area contributed by atoms with Crippen molar-refractivity contribution in [3.05, 3.63) is 34.7 Å². The number of hydrogen-bond donors (Lipinski definition) is 1. The zero-order valence-electron chi connectivity index (χ0n) is 12.7. The van der Waals surface area contributed by atoms with Crippen molar-refractivity contribution < 1.29 is 13.2 Å². The molecule has 1 aromatic heterocycles. The van der Waals surface area contributed by atoms with Crippen LogP contribution in [0.1, 0.15) is 12.8 Å². The molecule has 0 radical (unpaired) electrons. The molecule has 0 aliphatic carbocycles. The van der Waals surface area contributed by atoms with Crippen LogP contribution in [0.25, 0.3) is 11.0 Å². The molecule has 2 aromatic rings. The smallest absolute Gasteiger partial charge is 0.295 e. The maximum Gasteiger partial charge on any atom is 0.329 e. The molecule has 0 spiro atoms. The SMILES string of the molecule is C#CCCCS(=O)(=O)NC(=O)Cn1c(=O)n(C)c2ccccc21. The normalized spacial score (nSPS) is 11.3. The summed E-state index contributed by atoms with van der Waals surface area (Å²) in [5.74, 6) is 1.35. The lowest BCUT2D eigenvalue weighted by atomic mass is 10.3. The summed E-state index contributed by atoms with van der Waals surface area (Å²) in [4.78, 5) is 24.1. The molecule has 0 bridgehead atoms. The third kappa shape index (κ3) is 3.81. The lowest BCUT2D eigenvalue weighted by Crippen LogP contribution is -2.37. The van der Waals surface area contributed by atoms with E-state index in [1.54, 1.807) is 31.3 Å². The number of nitrogens with zero attached hydrogens (tertiary/aromatic N) is 2. The van der Waals surface area contributed by atoms with Crippen LogP contribution in [0.4, 0.5) is 0 Å². The Balaban J connectivity index is 2.17. The van der Waals surface area contributed by atoms with E-state index in [4.69, 9.17) is 6.42 Å². The van der Waals surface area contributed by atoms with Gasteiger partial charge in [0, 0.05) is 13.5 Å². The van der Waals surface area contributed by atoms with Gasteiger partial charge in [-0.2, -0.15) is 0 Å². The van der Waals surface area contributed by atoms with Crippen LogP contribution in [0.3, 0.4) is 0 Å². The number of imidazole rings is 1. The van der Waals surface area contributed by atoms with Crippen molar-refractivity contribution in [2.75, 3.05) is 5.75 Å². The zero-order valence-corrected chi connectivity index (χ0v) is 13.5. The average Bonchev–Trinajstić information content (AvgIpc) is 2.72. The molecule has 1 N–H and O–H groups in total. The van der Waals surface area contributed by atoms with Crippen LogP contribution in [0.15, 0.2) is 29.1 Å². The van der Waals surface area contributed by atoms with Crippen LogP contribution < -0.4 is 10.4 Å². The summed E-state index contributed by atoms with van der Waals surface area (Å²) in [6, 6.07) is 6.97. The fraction of sp³-hybridized carbons (Fsp3) is 0.333. The lowest BCUT2D eigenvalue weighted by molar-refractivity contribution is -0.119. The molecule has 0 fully saturated rings. The number of unbranched alkanes of at least 4 members (excludes halogenated alkanes) is 1. The van der Waals surface area contributed by atoms with Crippen molar-refractivity contribution in [1.29, 1.82) is 0 Å². The summed E-state index contributed by atoms with van der Waals surface area (Å²) in [7, 11) is -2.16. The summed E-state index contributed by atoms with van der Waals surface area (Å²) in [6.07, 6.45) is 5.65. The maximum absolute atomic E-state index is 12.2. The van der Waals surface area contributed by atoms with Crippen molar-refractivity contribution >= 4 is 27.0 Å². The van der Waals surface area contributed by atoms with Crippen LogP contribution in [-0.2, 0) is 28.4 Å². The minimum atomic E-state index is -3.75. The average molecular weight is 335 g/mol. The number of benzene rings is 1. The number of para-hydroxylation sites is 2. The van der Waals surface area contributed by atoms with Crippen LogP contribution in [0.5, 0.6) is 0 Å². The van der Waals surface area contributed by atoms with E-state index in [9.17, 15) is 18.0 Å². The van der Waals surface area contributed by atoms with Crippen molar-refractivity contribution in [1.82, 2.24) is 13.9 Å². The molecule has 7 nitrogen and oxygen atoms in total. The largest absolute Gasteiger partial charge is 0.329 e. The quantitative estimate of drug-likeness (QED) is 0.603. The highest BCUT2D eigenvalue weighted by molar-refractivity contribution is 7.90. The Morgan fingerprint density at radius 3 is 2.61 bits per heavy atom. The van der Waals surface area contributed by atoms with Gasteiger partial charge in [-0.1, -0.05) is 12.1 Å². The Morgan fingerprint density at radius 1 is 1.30 bits per heavy atom. The number of aromatic nitrogens is 2. The van der Waals surface area contributed by atoms with Crippen molar-refractivity contribution in [2.45, 2.75) is 19.4 Å². The molecule has 0 aliphatic heterocycles. The molecular weight excluding hydrogens is 318 g/mol. The van der Waals surface area contributed by atoms with Crippen LogP contribution in [0, 0.1) is 12.3 Å². The van der Waals surface area contributed by atoms with Gasteiger partial charge >= 0.3 is 5.69 Å². The molecule has 0 saturated heterocycles. The molecule has 0 unspecified atom stereocenters. The fourth-order valence-corrected chi connectivity index (χ4v) is 3.32. The molecule has 0 aliphatic rings. The minimum absolute atomic E-state index is 0.229. The first-order valence-corrected chi connectivity index (χ1v) is 8.62. The number of carbonyl (C=O) groups is 1. The number of rotatable bonds is 6. The second-order valence-electron chi connectivity index (χ2n) is 5.07. The molecular formula is C15H17N3O4S. The Morgan fingerprint density at radius 2 is 1.96 bits per heavy atom. The van der Waals surface area contributed by atoms with E-state index >= 15 is 0 Å². The fourth-order valence-electron chi connectivity index (χ4n) is 2.28. The Labute approximate surface area is 134 Å². The molecule has 0 atom stereocenters. The second kappa shape index (κ2) is 6.71. The predicted octanol–water partition coefficient (Wildman–Crippen LogP) is 0.199. The van der Waals surface area contributed by atoms with Gasteiger partial charge in [0.1, 0.15) is 6.54 Å². The van der Waals surface area contributed by atoms with E-state index in [1.165, 1.54) is 9.13 Å². The van der Waals surface area contributed by atoms with Crippen molar-refractivity contribution in [2.24, 2.45) is 7.05 Å². The minimum Gasteiger partial charge on any atom is -0.295 e. The van der Waals surface area contributed by atoms with Crippen molar-refractivity contribution in [3.8, 4) is 12.3 Å². The molecule has 8 heteroatoms. The number of amides is 1. The monoisotopic (exact) mass is 335 g/mol. The number of carbonyl (C=O) groups excluding carboxylic acids is 1. The Kier molecular flexibility index (Phi) is 4.91. The summed E-state index contributed by atoms with van der Waals surface area (Å²) in [6.45, 7) is -0.367. The summed E-state index contributed by atoms with van der Waals surface area (Å²) in [5, 5.41) is 0. The van der Waals surface area contributed by atoms with Gasteiger partial charge in [0.15, 0.2) is 0 Å². The van der Waals surface area contributed by atoms with Gasteiger partial charge in [-0.25, -0.2) is 13.2 Å². The van der Waals surface area contributed by atoms with E-state index in [2.05, 4.69) is 5.92 Å². The highest BCUT2D eigenvalue weighted by Gasteiger charge is 2.17. The first-order valence-electron chi connectivity index (χ1n) is 6.97. The maximum atomic E-state index is 12.2. The van der Waals surface area contributed by atoms with Gasteiger partial charge in [0.05, 0.1) is 16.8 Å². The molecule has 1 aromatic carbocycles. The Bertz CT molecular complexity index is 932. The van der Waals surface area contributed by atoms with E-state index in [0.29, 0.717) is 17.5 Å². The number of fused-ring (bicyclic) bond motifs is 1. The summed E-state index contributed by atoms with van der Waals surface area (Å²) in [5.41, 5.74) is 0.855.